The molecule has 0 heterocycles. The zero-order valence-corrected chi connectivity index (χ0v) is 16.2. The van der Waals surface area contributed by atoms with Gasteiger partial charge in [-0.05, 0) is 63.2 Å². The molecular formula is C22H30O5. The molecule has 8 unspecified atom stereocenters. The first-order valence-corrected chi connectivity index (χ1v) is 10.3. The van der Waals surface area contributed by atoms with Crippen molar-refractivity contribution in [1.29, 1.82) is 0 Å². The van der Waals surface area contributed by atoms with Crippen LogP contribution in [0, 0.1) is 35.5 Å². The molecule has 0 aromatic carbocycles. The Kier molecular flexibility index (Phi) is 5.40. The monoisotopic (exact) mass is 374 g/mol. The van der Waals surface area contributed by atoms with Gasteiger partial charge in [-0.3, -0.25) is 9.59 Å². The minimum absolute atomic E-state index is 0.0152. The zero-order valence-electron chi connectivity index (χ0n) is 16.2. The SMILES string of the molecule is CC(COC(=O)C1CC2C=CC1C2)OC(C)COC(=O)C1CC2C=CC1C2. The molecule has 4 bridgehead atoms. The quantitative estimate of drug-likeness (QED) is 0.482. The van der Waals surface area contributed by atoms with E-state index >= 15 is 0 Å². The van der Waals surface area contributed by atoms with Gasteiger partial charge in [0.15, 0.2) is 0 Å². The van der Waals surface area contributed by atoms with Gasteiger partial charge in [-0.2, -0.15) is 0 Å². The van der Waals surface area contributed by atoms with Gasteiger partial charge in [0, 0.05) is 0 Å². The Bertz CT molecular complexity index is 585. The molecule has 0 N–H and O–H groups in total. The smallest absolute Gasteiger partial charge is 0.309 e. The highest BCUT2D eigenvalue weighted by atomic mass is 16.6. The third-order valence-corrected chi connectivity index (χ3v) is 6.55. The second-order valence-corrected chi connectivity index (χ2v) is 8.79. The number of hydrogen-bond donors (Lipinski definition) is 0. The van der Waals surface area contributed by atoms with Crippen molar-refractivity contribution in [3.8, 4) is 0 Å². The van der Waals surface area contributed by atoms with Gasteiger partial charge in [0.05, 0.1) is 24.0 Å². The van der Waals surface area contributed by atoms with E-state index in [4.69, 9.17) is 14.2 Å². The summed E-state index contributed by atoms with van der Waals surface area (Å²) in [5.41, 5.74) is 0. The Labute approximate surface area is 161 Å². The van der Waals surface area contributed by atoms with Crippen LogP contribution in [0.1, 0.15) is 39.5 Å². The molecule has 8 atom stereocenters. The van der Waals surface area contributed by atoms with Gasteiger partial charge >= 0.3 is 11.9 Å². The summed E-state index contributed by atoms with van der Waals surface area (Å²) in [5.74, 6) is 1.65. The Hall–Kier alpha value is -1.62. The Morgan fingerprint density at radius 3 is 1.56 bits per heavy atom. The first kappa shape index (κ1) is 18.7. The highest BCUT2D eigenvalue weighted by Crippen LogP contribution is 2.44. The van der Waals surface area contributed by atoms with Crippen molar-refractivity contribution in [3.05, 3.63) is 24.3 Å². The molecule has 0 amide bonds. The average molecular weight is 374 g/mol. The molecule has 0 aromatic rings. The third-order valence-electron chi connectivity index (χ3n) is 6.55. The molecule has 2 saturated carbocycles. The van der Waals surface area contributed by atoms with Gasteiger partial charge < -0.3 is 14.2 Å². The summed E-state index contributed by atoms with van der Waals surface area (Å²) in [6.07, 6.45) is 12.3. The highest BCUT2D eigenvalue weighted by molar-refractivity contribution is 5.74. The predicted octanol–water partition coefficient (Wildman–Crippen LogP) is 3.29. The third kappa shape index (κ3) is 4.13. The minimum Gasteiger partial charge on any atom is -0.463 e. The summed E-state index contributed by atoms with van der Waals surface area (Å²) in [7, 11) is 0. The van der Waals surface area contributed by atoms with Gasteiger partial charge in [-0.1, -0.05) is 24.3 Å². The lowest BCUT2D eigenvalue weighted by atomic mass is 9.94. The van der Waals surface area contributed by atoms with E-state index in [0.29, 0.717) is 23.7 Å². The van der Waals surface area contributed by atoms with Crippen LogP contribution in [0.3, 0.4) is 0 Å². The molecule has 0 spiro atoms. The fraction of sp³-hybridized carbons (Fsp3) is 0.727. The summed E-state index contributed by atoms with van der Waals surface area (Å²) in [6, 6.07) is 0. The fourth-order valence-corrected chi connectivity index (χ4v) is 5.19. The molecule has 0 saturated heterocycles. The van der Waals surface area contributed by atoms with Crippen molar-refractivity contribution in [3.63, 3.8) is 0 Å². The molecule has 148 valence electrons. The summed E-state index contributed by atoms with van der Waals surface area (Å²) in [6.45, 7) is 4.25. The molecule has 4 aliphatic carbocycles. The highest BCUT2D eigenvalue weighted by Gasteiger charge is 2.41. The number of carbonyl (C=O) groups is 2. The summed E-state index contributed by atoms with van der Waals surface area (Å²) < 4.78 is 16.8. The van der Waals surface area contributed by atoms with E-state index in [1.54, 1.807) is 0 Å². The number of allylic oxidation sites excluding steroid dienone is 4. The Morgan fingerprint density at radius 2 is 1.22 bits per heavy atom. The number of carbonyl (C=O) groups excluding carboxylic acids is 2. The van der Waals surface area contributed by atoms with Crippen LogP contribution in [0.15, 0.2) is 24.3 Å². The number of ether oxygens (including phenoxy) is 3. The second-order valence-electron chi connectivity index (χ2n) is 8.79. The van der Waals surface area contributed by atoms with Crippen molar-refractivity contribution >= 4 is 11.9 Å². The lowest BCUT2D eigenvalue weighted by Crippen LogP contribution is -2.31. The molecule has 0 aromatic heterocycles. The summed E-state index contributed by atoms with van der Waals surface area (Å²) in [4.78, 5) is 24.5. The minimum atomic E-state index is -0.220. The van der Waals surface area contributed by atoms with E-state index in [2.05, 4.69) is 24.3 Å². The number of fused-ring (bicyclic) bond motifs is 4. The topological polar surface area (TPSA) is 61.8 Å². The standard InChI is InChI=1S/C22H30O5/c1-13(11-25-21(23)19-9-15-3-5-17(19)7-15)27-14(2)12-26-22(24)20-10-16-4-6-18(20)8-16/h3-6,13-20H,7-12H2,1-2H3. The van der Waals surface area contributed by atoms with Crippen molar-refractivity contribution in [2.75, 3.05) is 13.2 Å². The van der Waals surface area contributed by atoms with E-state index in [1.165, 1.54) is 0 Å². The average Bonchev–Trinajstić information content (AvgIpc) is 3.44. The van der Waals surface area contributed by atoms with Crippen LogP contribution < -0.4 is 0 Å². The normalized spacial score (nSPS) is 37.6. The first-order valence-electron chi connectivity index (χ1n) is 10.3. The van der Waals surface area contributed by atoms with Crippen LogP contribution in [0.4, 0.5) is 0 Å². The van der Waals surface area contributed by atoms with E-state index in [-0.39, 0.29) is 49.2 Å². The molecule has 4 aliphatic rings. The molecule has 5 nitrogen and oxygen atoms in total. The maximum absolute atomic E-state index is 12.3. The van der Waals surface area contributed by atoms with Crippen LogP contribution >= 0.6 is 0 Å². The molecule has 0 radical (unpaired) electrons. The fourth-order valence-electron chi connectivity index (χ4n) is 5.19. The van der Waals surface area contributed by atoms with Crippen LogP contribution in [0.5, 0.6) is 0 Å². The van der Waals surface area contributed by atoms with Gasteiger partial charge in [-0.15, -0.1) is 0 Å². The van der Waals surface area contributed by atoms with Crippen molar-refractivity contribution in [1.82, 2.24) is 0 Å². The van der Waals surface area contributed by atoms with Crippen molar-refractivity contribution in [2.45, 2.75) is 51.7 Å². The number of esters is 2. The molecule has 4 rings (SSSR count). The van der Waals surface area contributed by atoms with E-state index in [9.17, 15) is 9.59 Å². The largest absolute Gasteiger partial charge is 0.463 e. The second kappa shape index (κ2) is 7.78. The number of hydrogen-bond acceptors (Lipinski definition) is 5. The molecule has 5 heteroatoms. The summed E-state index contributed by atoms with van der Waals surface area (Å²) in [5, 5.41) is 0. The van der Waals surface area contributed by atoms with E-state index in [0.717, 1.165) is 25.7 Å². The van der Waals surface area contributed by atoms with Crippen LogP contribution in [-0.2, 0) is 23.8 Å². The first-order chi connectivity index (χ1) is 13.0. The molecule has 27 heavy (non-hydrogen) atoms. The van der Waals surface area contributed by atoms with Gasteiger partial charge in [-0.25, -0.2) is 0 Å². The van der Waals surface area contributed by atoms with E-state index < -0.39 is 0 Å². The molecule has 0 aliphatic heterocycles. The van der Waals surface area contributed by atoms with Crippen molar-refractivity contribution in [2.24, 2.45) is 35.5 Å². The van der Waals surface area contributed by atoms with Crippen LogP contribution in [0.2, 0.25) is 0 Å². The summed E-state index contributed by atoms with van der Waals surface area (Å²) >= 11 is 0. The van der Waals surface area contributed by atoms with Gasteiger partial charge in [0.1, 0.15) is 13.2 Å². The maximum Gasteiger partial charge on any atom is 0.309 e. The molecular weight excluding hydrogens is 344 g/mol. The maximum atomic E-state index is 12.3. The lowest BCUT2D eigenvalue weighted by Gasteiger charge is -2.22. The van der Waals surface area contributed by atoms with E-state index in [1.807, 2.05) is 13.8 Å². The predicted molar refractivity (Wildman–Crippen MR) is 99.6 cm³/mol. The van der Waals surface area contributed by atoms with Crippen LogP contribution in [-0.4, -0.2) is 37.4 Å². The van der Waals surface area contributed by atoms with Gasteiger partial charge in [0.2, 0.25) is 0 Å². The Morgan fingerprint density at radius 1 is 0.778 bits per heavy atom. The van der Waals surface area contributed by atoms with Gasteiger partial charge in [0.25, 0.3) is 0 Å². The molecule has 2 fully saturated rings. The lowest BCUT2D eigenvalue weighted by molar-refractivity contribution is -0.159. The van der Waals surface area contributed by atoms with Crippen LogP contribution in [0.25, 0.3) is 0 Å². The van der Waals surface area contributed by atoms with Crippen molar-refractivity contribution < 1.29 is 23.8 Å². The number of rotatable bonds is 8. The zero-order chi connectivity index (χ0) is 19.0. The Balaban J connectivity index is 1.12.